The Morgan fingerprint density at radius 3 is 2.62 bits per heavy atom. The average Bonchev–Trinajstić information content (AvgIpc) is 3.40. The molecule has 3 aromatic rings. The van der Waals surface area contributed by atoms with Crippen LogP contribution < -0.4 is 9.64 Å². The largest absolute Gasteiger partial charge is 0.420 e. The standard InChI is InChI=1S/C20H18ClN3O2/c1-23(20(25)26-17-8-3-2-4-9-17)19-13-18(14-10-11-14)22-24(19)16-7-5-6-15(21)12-16/h2-9,12-14H,10-11H2,1H3. The lowest BCUT2D eigenvalue weighted by Crippen LogP contribution is -2.31. The molecule has 0 aliphatic heterocycles. The zero-order valence-corrected chi connectivity index (χ0v) is 15.1. The van der Waals surface area contributed by atoms with Crippen molar-refractivity contribution >= 4 is 23.5 Å². The molecule has 1 aromatic heterocycles. The predicted octanol–water partition coefficient (Wildman–Crippen LogP) is 5.04. The summed E-state index contributed by atoms with van der Waals surface area (Å²) in [6, 6.07) is 18.4. The summed E-state index contributed by atoms with van der Waals surface area (Å²) >= 11 is 6.13. The minimum Gasteiger partial charge on any atom is -0.410 e. The lowest BCUT2D eigenvalue weighted by Gasteiger charge is -2.18. The van der Waals surface area contributed by atoms with Crippen molar-refractivity contribution in [2.45, 2.75) is 18.8 Å². The summed E-state index contributed by atoms with van der Waals surface area (Å²) in [5.41, 5.74) is 1.79. The zero-order valence-electron chi connectivity index (χ0n) is 14.3. The summed E-state index contributed by atoms with van der Waals surface area (Å²) in [4.78, 5) is 14.1. The van der Waals surface area contributed by atoms with E-state index in [4.69, 9.17) is 21.4 Å². The molecule has 1 aliphatic carbocycles. The maximum absolute atomic E-state index is 12.6. The number of anilines is 1. The smallest absolute Gasteiger partial charge is 0.410 e. The number of hydrogen-bond donors (Lipinski definition) is 0. The average molecular weight is 368 g/mol. The molecule has 0 bridgehead atoms. The Bertz CT molecular complexity index is 935. The predicted molar refractivity (Wildman–Crippen MR) is 101 cm³/mol. The van der Waals surface area contributed by atoms with Gasteiger partial charge in [-0.05, 0) is 43.2 Å². The Morgan fingerprint density at radius 1 is 1.15 bits per heavy atom. The van der Waals surface area contributed by atoms with Crippen molar-refractivity contribution in [2.24, 2.45) is 0 Å². The van der Waals surface area contributed by atoms with Crippen LogP contribution in [0.5, 0.6) is 5.75 Å². The molecule has 0 spiro atoms. The molecule has 2 aromatic carbocycles. The van der Waals surface area contributed by atoms with Gasteiger partial charge in [-0.1, -0.05) is 35.9 Å². The van der Waals surface area contributed by atoms with Crippen LogP contribution in [0.3, 0.4) is 0 Å². The molecular formula is C20H18ClN3O2. The summed E-state index contributed by atoms with van der Waals surface area (Å²) in [6.07, 6.45) is 1.79. The monoisotopic (exact) mass is 367 g/mol. The van der Waals surface area contributed by atoms with Crippen molar-refractivity contribution < 1.29 is 9.53 Å². The van der Waals surface area contributed by atoms with Gasteiger partial charge < -0.3 is 4.74 Å². The lowest BCUT2D eigenvalue weighted by molar-refractivity contribution is 0.208. The van der Waals surface area contributed by atoms with Gasteiger partial charge in [0.1, 0.15) is 11.6 Å². The van der Waals surface area contributed by atoms with Gasteiger partial charge >= 0.3 is 6.09 Å². The van der Waals surface area contributed by atoms with Gasteiger partial charge in [0.15, 0.2) is 0 Å². The van der Waals surface area contributed by atoms with Gasteiger partial charge in [0.2, 0.25) is 0 Å². The molecule has 4 rings (SSSR count). The van der Waals surface area contributed by atoms with Crippen LogP contribution in [0.15, 0.2) is 60.7 Å². The van der Waals surface area contributed by atoms with E-state index in [1.807, 2.05) is 48.5 Å². The Balaban J connectivity index is 1.67. The van der Waals surface area contributed by atoms with Crippen molar-refractivity contribution in [1.82, 2.24) is 9.78 Å². The van der Waals surface area contributed by atoms with Crippen LogP contribution in [0.1, 0.15) is 24.5 Å². The van der Waals surface area contributed by atoms with Gasteiger partial charge in [-0.25, -0.2) is 9.48 Å². The first-order valence-electron chi connectivity index (χ1n) is 8.48. The summed E-state index contributed by atoms with van der Waals surface area (Å²) in [5.74, 6) is 1.61. The molecular weight excluding hydrogens is 350 g/mol. The first kappa shape index (κ1) is 16.7. The van der Waals surface area contributed by atoms with E-state index >= 15 is 0 Å². The minimum atomic E-state index is -0.471. The van der Waals surface area contributed by atoms with Crippen LogP contribution in [-0.2, 0) is 0 Å². The number of benzene rings is 2. The highest BCUT2D eigenvalue weighted by Crippen LogP contribution is 2.41. The van der Waals surface area contributed by atoms with E-state index in [-0.39, 0.29) is 0 Å². The molecule has 5 nitrogen and oxygen atoms in total. The van der Waals surface area contributed by atoms with Crippen molar-refractivity contribution in [1.29, 1.82) is 0 Å². The molecule has 0 atom stereocenters. The molecule has 132 valence electrons. The van der Waals surface area contributed by atoms with E-state index in [0.717, 1.165) is 24.2 Å². The van der Waals surface area contributed by atoms with Crippen LogP contribution in [0.2, 0.25) is 5.02 Å². The van der Waals surface area contributed by atoms with E-state index in [9.17, 15) is 4.79 Å². The molecule has 1 amide bonds. The summed E-state index contributed by atoms with van der Waals surface area (Å²) < 4.78 is 7.19. The quantitative estimate of drug-likeness (QED) is 0.649. The second kappa shape index (κ2) is 6.84. The number of amides is 1. The fraction of sp³-hybridized carbons (Fsp3) is 0.200. The molecule has 0 N–H and O–H groups in total. The molecule has 0 radical (unpaired) electrons. The first-order valence-corrected chi connectivity index (χ1v) is 8.86. The molecule has 1 aliphatic rings. The van der Waals surface area contributed by atoms with E-state index in [0.29, 0.717) is 22.5 Å². The molecule has 1 heterocycles. The van der Waals surface area contributed by atoms with Crippen LogP contribution >= 0.6 is 11.6 Å². The topological polar surface area (TPSA) is 47.4 Å². The summed E-state index contributed by atoms with van der Waals surface area (Å²) in [6.45, 7) is 0. The van der Waals surface area contributed by atoms with Gasteiger partial charge in [0.25, 0.3) is 0 Å². The number of para-hydroxylation sites is 1. The van der Waals surface area contributed by atoms with Crippen LogP contribution in [0, 0.1) is 0 Å². The Hall–Kier alpha value is -2.79. The number of nitrogens with zero attached hydrogens (tertiary/aromatic N) is 3. The second-order valence-corrected chi connectivity index (χ2v) is 6.77. The highest BCUT2D eigenvalue weighted by Gasteiger charge is 2.29. The number of rotatable bonds is 4. The Kier molecular flexibility index (Phi) is 4.39. The van der Waals surface area contributed by atoms with Crippen molar-refractivity contribution in [2.75, 3.05) is 11.9 Å². The van der Waals surface area contributed by atoms with Crippen molar-refractivity contribution in [3.8, 4) is 11.4 Å². The molecule has 1 fully saturated rings. The number of ether oxygens (including phenoxy) is 1. The maximum atomic E-state index is 12.6. The van der Waals surface area contributed by atoms with Crippen LogP contribution in [0.4, 0.5) is 10.6 Å². The van der Waals surface area contributed by atoms with Crippen molar-refractivity contribution in [3.05, 3.63) is 71.4 Å². The van der Waals surface area contributed by atoms with Gasteiger partial charge in [-0.15, -0.1) is 0 Å². The van der Waals surface area contributed by atoms with Crippen LogP contribution in [0.25, 0.3) is 5.69 Å². The lowest BCUT2D eigenvalue weighted by atomic mass is 10.3. The third-order valence-corrected chi connectivity index (χ3v) is 4.56. The molecule has 1 saturated carbocycles. The zero-order chi connectivity index (χ0) is 18.1. The van der Waals surface area contributed by atoms with Gasteiger partial charge in [-0.2, -0.15) is 5.10 Å². The van der Waals surface area contributed by atoms with E-state index in [1.165, 1.54) is 4.90 Å². The number of carbonyl (C=O) groups excluding carboxylic acids is 1. The number of hydrogen-bond acceptors (Lipinski definition) is 3. The highest BCUT2D eigenvalue weighted by molar-refractivity contribution is 6.30. The number of aromatic nitrogens is 2. The fourth-order valence-electron chi connectivity index (χ4n) is 2.76. The summed E-state index contributed by atoms with van der Waals surface area (Å²) in [7, 11) is 1.68. The molecule has 0 saturated heterocycles. The maximum Gasteiger partial charge on any atom is 0.420 e. The van der Waals surface area contributed by atoms with Gasteiger partial charge in [0, 0.05) is 24.1 Å². The molecule has 6 heteroatoms. The summed E-state index contributed by atoms with van der Waals surface area (Å²) in [5, 5.41) is 5.32. The van der Waals surface area contributed by atoms with E-state index in [1.54, 1.807) is 23.9 Å². The first-order chi connectivity index (χ1) is 12.6. The third kappa shape index (κ3) is 3.44. The normalized spacial score (nSPS) is 13.5. The Morgan fingerprint density at radius 2 is 1.92 bits per heavy atom. The second-order valence-electron chi connectivity index (χ2n) is 6.33. The third-order valence-electron chi connectivity index (χ3n) is 4.32. The van der Waals surface area contributed by atoms with Gasteiger partial charge in [0.05, 0.1) is 11.4 Å². The minimum absolute atomic E-state index is 0.465. The number of halogens is 1. The Labute approximate surface area is 156 Å². The highest BCUT2D eigenvalue weighted by atomic mass is 35.5. The van der Waals surface area contributed by atoms with E-state index in [2.05, 4.69) is 0 Å². The SMILES string of the molecule is CN(C(=O)Oc1ccccc1)c1cc(C2CC2)nn1-c1cccc(Cl)c1. The van der Waals surface area contributed by atoms with E-state index < -0.39 is 6.09 Å². The van der Waals surface area contributed by atoms with Crippen LogP contribution in [-0.4, -0.2) is 22.9 Å². The van der Waals surface area contributed by atoms with Gasteiger partial charge in [-0.3, -0.25) is 4.90 Å². The number of carbonyl (C=O) groups is 1. The fourth-order valence-corrected chi connectivity index (χ4v) is 2.94. The molecule has 0 unspecified atom stereocenters. The van der Waals surface area contributed by atoms with Crippen molar-refractivity contribution in [3.63, 3.8) is 0 Å². The molecule has 26 heavy (non-hydrogen) atoms.